The molecule has 29 heavy (non-hydrogen) atoms. The second kappa shape index (κ2) is 7.64. The van der Waals surface area contributed by atoms with E-state index in [0.717, 1.165) is 32.6 Å². The summed E-state index contributed by atoms with van der Waals surface area (Å²) < 4.78 is 12.3. The van der Waals surface area contributed by atoms with Gasteiger partial charge in [-0.25, -0.2) is 0 Å². The molecule has 2 heterocycles. The van der Waals surface area contributed by atoms with Crippen LogP contribution in [0.3, 0.4) is 0 Å². The van der Waals surface area contributed by atoms with Gasteiger partial charge in [-0.2, -0.15) is 5.26 Å². The highest BCUT2D eigenvalue weighted by atomic mass is 79.9. The van der Waals surface area contributed by atoms with Gasteiger partial charge in [-0.15, -0.1) is 5.10 Å². The summed E-state index contributed by atoms with van der Waals surface area (Å²) in [5, 5.41) is 16.7. The maximum absolute atomic E-state index is 9.67. The van der Waals surface area contributed by atoms with Crippen LogP contribution in [0.2, 0.25) is 0 Å². The van der Waals surface area contributed by atoms with E-state index in [1.165, 1.54) is 5.56 Å². The van der Waals surface area contributed by atoms with Gasteiger partial charge in [0.15, 0.2) is 0 Å². The fourth-order valence-electron chi connectivity index (χ4n) is 3.39. The van der Waals surface area contributed by atoms with Crippen molar-refractivity contribution in [3.05, 3.63) is 86.3 Å². The van der Waals surface area contributed by atoms with Crippen LogP contribution < -0.4 is 15.2 Å². The lowest BCUT2D eigenvalue weighted by molar-refractivity contribution is 0.304. The van der Waals surface area contributed by atoms with Crippen LogP contribution in [0, 0.1) is 25.2 Å². The van der Waals surface area contributed by atoms with E-state index < -0.39 is 0 Å². The minimum atomic E-state index is -0.357. The molecule has 3 aromatic rings. The highest BCUT2D eigenvalue weighted by Crippen LogP contribution is 2.44. The average molecular weight is 451 g/mol. The summed E-state index contributed by atoms with van der Waals surface area (Å²) >= 11 is 3.60. The molecule has 0 saturated heterocycles. The van der Waals surface area contributed by atoms with E-state index in [0.29, 0.717) is 18.1 Å². The van der Waals surface area contributed by atoms with E-state index in [1.807, 2.05) is 25.1 Å². The Morgan fingerprint density at radius 1 is 1.24 bits per heavy atom. The zero-order valence-corrected chi connectivity index (χ0v) is 17.6. The Bertz CT molecular complexity index is 1140. The van der Waals surface area contributed by atoms with Crippen molar-refractivity contribution >= 4 is 15.9 Å². The summed E-state index contributed by atoms with van der Waals surface area (Å²) in [6, 6.07) is 16.2. The summed E-state index contributed by atoms with van der Waals surface area (Å²) in [7, 11) is 0. The molecule has 3 N–H and O–H groups in total. The average Bonchev–Trinajstić information content (AvgIpc) is 3.07. The molecule has 0 saturated carbocycles. The van der Waals surface area contributed by atoms with E-state index in [1.54, 1.807) is 0 Å². The van der Waals surface area contributed by atoms with E-state index in [2.05, 4.69) is 63.4 Å². The minimum absolute atomic E-state index is 0.0762. The van der Waals surface area contributed by atoms with Gasteiger partial charge in [0.1, 0.15) is 24.0 Å². The smallest absolute Gasteiger partial charge is 0.244 e. The number of aromatic amines is 1. The third kappa shape index (κ3) is 3.59. The van der Waals surface area contributed by atoms with Crippen molar-refractivity contribution < 1.29 is 9.47 Å². The predicted octanol–water partition coefficient (Wildman–Crippen LogP) is 4.59. The van der Waals surface area contributed by atoms with Crippen LogP contribution >= 0.6 is 15.9 Å². The highest BCUT2D eigenvalue weighted by Gasteiger charge is 2.34. The van der Waals surface area contributed by atoms with E-state index in [4.69, 9.17) is 15.2 Å². The molecule has 0 radical (unpaired) electrons. The Kier molecular flexibility index (Phi) is 5.03. The molecule has 0 unspecified atom stereocenters. The fourth-order valence-corrected chi connectivity index (χ4v) is 3.90. The maximum atomic E-state index is 9.67. The molecule has 0 bridgehead atoms. The van der Waals surface area contributed by atoms with E-state index in [-0.39, 0.29) is 11.8 Å². The molecule has 6 nitrogen and oxygen atoms in total. The number of aromatic nitrogens is 2. The normalized spacial score (nSPS) is 15.4. The molecular weight excluding hydrogens is 432 g/mol. The maximum Gasteiger partial charge on any atom is 0.244 e. The summed E-state index contributed by atoms with van der Waals surface area (Å²) in [5.41, 5.74) is 11.2. The SMILES string of the molecule is Cc1ccc(COc2ccc([C@@H]3C(C#N)=C(N)Oc4n[nH]c(C)c43)cc2Br)cc1. The molecule has 0 aliphatic carbocycles. The van der Waals surface area contributed by atoms with Gasteiger partial charge in [0, 0.05) is 11.3 Å². The minimum Gasteiger partial charge on any atom is -0.488 e. The van der Waals surface area contributed by atoms with E-state index >= 15 is 0 Å². The van der Waals surface area contributed by atoms with Crippen LogP contribution in [0.1, 0.15) is 33.9 Å². The van der Waals surface area contributed by atoms with Crippen LogP contribution in [0.25, 0.3) is 0 Å². The van der Waals surface area contributed by atoms with Crippen LogP contribution in [0.15, 0.2) is 58.4 Å². The zero-order valence-electron chi connectivity index (χ0n) is 16.0. The van der Waals surface area contributed by atoms with Gasteiger partial charge in [0.05, 0.1) is 10.4 Å². The standard InChI is InChI=1S/C22H19BrN4O2/c1-12-3-5-14(6-4-12)11-28-18-8-7-15(9-17(18)23)20-16(10-24)21(25)29-22-19(20)13(2)26-27-22/h3-9,20H,11,25H2,1-2H3,(H,26,27)/t20-/m1/s1. The number of halogens is 1. The molecule has 7 heteroatoms. The Labute approximate surface area is 177 Å². The summed E-state index contributed by atoms with van der Waals surface area (Å²) in [6.07, 6.45) is 0. The topological polar surface area (TPSA) is 96.9 Å². The molecule has 1 aliphatic heterocycles. The lowest BCUT2D eigenvalue weighted by Gasteiger charge is -2.24. The quantitative estimate of drug-likeness (QED) is 0.605. The van der Waals surface area contributed by atoms with Crippen LogP contribution in [-0.2, 0) is 6.61 Å². The number of nitrogens with zero attached hydrogens (tertiary/aromatic N) is 2. The zero-order chi connectivity index (χ0) is 20.5. The van der Waals surface area contributed by atoms with Crippen molar-refractivity contribution in [3.8, 4) is 17.7 Å². The van der Waals surface area contributed by atoms with Gasteiger partial charge in [-0.3, -0.25) is 5.10 Å². The Morgan fingerprint density at radius 3 is 2.69 bits per heavy atom. The predicted molar refractivity (Wildman–Crippen MR) is 112 cm³/mol. The first-order valence-electron chi connectivity index (χ1n) is 9.08. The third-order valence-corrected chi connectivity index (χ3v) is 5.55. The number of rotatable bonds is 4. The number of nitrogens with one attached hydrogen (secondary N) is 1. The lowest BCUT2D eigenvalue weighted by atomic mass is 9.84. The van der Waals surface area contributed by atoms with Crippen molar-refractivity contribution in [2.24, 2.45) is 5.73 Å². The number of fused-ring (bicyclic) bond motifs is 1. The molecule has 1 atom stereocenters. The molecular formula is C22H19BrN4O2. The van der Waals surface area contributed by atoms with Gasteiger partial charge in [-0.05, 0) is 53.0 Å². The molecule has 0 spiro atoms. The van der Waals surface area contributed by atoms with Gasteiger partial charge >= 0.3 is 0 Å². The first kappa shape index (κ1) is 19.1. The van der Waals surface area contributed by atoms with Crippen molar-refractivity contribution in [1.82, 2.24) is 10.2 Å². The van der Waals surface area contributed by atoms with Gasteiger partial charge in [0.25, 0.3) is 0 Å². The number of nitrogens with two attached hydrogens (primary N) is 1. The summed E-state index contributed by atoms with van der Waals surface area (Å²) in [6.45, 7) is 4.42. The molecule has 4 rings (SSSR count). The van der Waals surface area contributed by atoms with Gasteiger partial charge < -0.3 is 15.2 Å². The number of hydrogen-bond donors (Lipinski definition) is 2. The number of allylic oxidation sites excluding steroid dienone is 1. The van der Waals surface area contributed by atoms with Crippen LogP contribution in [0.5, 0.6) is 11.6 Å². The lowest BCUT2D eigenvalue weighted by Crippen LogP contribution is -2.21. The van der Waals surface area contributed by atoms with Crippen LogP contribution in [-0.4, -0.2) is 10.2 Å². The van der Waals surface area contributed by atoms with E-state index in [9.17, 15) is 5.26 Å². The largest absolute Gasteiger partial charge is 0.488 e. The van der Waals surface area contributed by atoms with Crippen molar-refractivity contribution in [2.75, 3.05) is 0 Å². The molecule has 0 fully saturated rings. The second-order valence-corrected chi connectivity index (χ2v) is 7.81. The van der Waals surface area contributed by atoms with Gasteiger partial charge in [0.2, 0.25) is 11.8 Å². The number of aryl methyl sites for hydroxylation is 2. The number of hydrogen-bond acceptors (Lipinski definition) is 5. The molecule has 0 amide bonds. The Morgan fingerprint density at radius 2 is 2.00 bits per heavy atom. The molecule has 1 aliphatic rings. The van der Waals surface area contributed by atoms with Crippen molar-refractivity contribution in [2.45, 2.75) is 26.4 Å². The summed E-state index contributed by atoms with van der Waals surface area (Å²) in [5.74, 6) is 0.845. The number of nitriles is 1. The monoisotopic (exact) mass is 450 g/mol. The number of benzene rings is 2. The Balaban J connectivity index is 1.64. The number of ether oxygens (including phenoxy) is 2. The van der Waals surface area contributed by atoms with Crippen molar-refractivity contribution in [1.29, 1.82) is 5.26 Å². The highest BCUT2D eigenvalue weighted by molar-refractivity contribution is 9.10. The molecule has 146 valence electrons. The third-order valence-electron chi connectivity index (χ3n) is 4.93. The Hall–Kier alpha value is -3.24. The second-order valence-electron chi connectivity index (χ2n) is 6.96. The molecule has 2 aromatic carbocycles. The summed E-state index contributed by atoms with van der Waals surface area (Å²) in [4.78, 5) is 0. The van der Waals surface area contributed by atoms with Crippen molar-refractivity contribution in [3.63, 3.8) is 0 Å². The van der Waals surface area contributed by atoms with Crippen LogP contribution in [0.4, 0.5) is 0 Å². The van der Waals surface area contributed by atoms with Gasteiger partial charge in [-0.1, -0.05) is 35.9 Å². The number of H-pyrrole nitrogens is 1. The fraction of sp³-hybridized carbons (Fsp3) is 0.182. The molecule has 1 aromatic heterocycles. The first-order chi connectivity index (χ1) is 14.0. The first-order valence-corrected chi connectivity index (χ1v) is 9.87.